The average Bonchev–Trinajstić information content (AvgIpc) is 2.82. The zero-order valence-electron chi connectivity index (χ0n) is 11.5. The van der Waals surface area contributed by atoms with Gasteiger partial charge >= 0.3 is 0 Å². The molecule has 1 aliphatic rings. The number of aliphatic imine (C=N–C) groups is 3. The maximum Gasteiger partial charge on any atom is 0.223 e. The Morgan fingerprint density at radius 2 is 2.00 bits per heavy atom. The van der Waals surface area contributed by atoms with E-state index in [-0.39, 0.29) is 6.04 Å². The van der Waals surface area contributed by atoms with Crippen LogP contribution in [0.5, 0.6) is 0 Å². The third-order valence-electron chi connectivity index (χ3n) is 2.89. The van der Waals surface area contributed by atoms with Gasteiger partial charge in [-0.15, -0.1) is 0 Å². The molecule has 0 fully saturated rings. The largest absolute Gasteiger partial charge is 0.323 e. The van der Waals surface area contributed by atoms with E-state index in [1.807, 2.05) is 31.2 Å². The topological polar surface area (TPSA) is 49.1 Å². The van der Waals surface area contributed by atoms with Crippen molar-refractivity contribution in [2.45, 2.75) is 19.9 Å². The molecule has 1 aliphatic heterocycles. The molecule has 1 N–H and O–H groups in total. The highest BCUT2D eigenvalue weighted by Crippen LogP contribution is 2.17. The van der Waals surface area contributed by atoms with Crippen molar-refractivity contribution in [1.29, 1.82) is 0 Å². The third-order valence-corrected chi connectivity index (χ3v) is 2.89. The van der Waals surface area contributed by atoms with Gasteiger partial charge in [-0.1, -0.05) is 36.4 Å². The van der Waals surface area contributed by atoms with Crippen LogP contribution in [0.25, 0.3) is 0 Å². The molecule has 0 aliphatic carbocycles. The van der Waals surface area contributed by atoms with Gasteiger partial charge in [-0.3, -0.25) is 4.99 Å². The van der Waals surface area contributed by atoms with Gasteiger partial charge in [0, 0.05) is 13.3 Å². The van der Waals surface area contributed by atoms with Crippen molar-refractivity contribution in [1.82, 2.24) is 5.32 Å². The first-order chi connectivity index (χ1) is 9.24. The summed E-state index contributed by atoms with van der Waals surface area (Å²) in [5, 5.41) is 3.19. The van der Waals surface area contributed by atoms with Crippen LogP contribution in [0.3, 0.4) is 0 Å². The molecule has 98 valence electrons. The summed E-state index contributed by atoms with van der Waals surface area (Å²) < 4.78 is 0. The van der Waals surface area contributed by atoms with Crippen LogP contribution in [0.2, 0.25) is 0 Å². The van der Waals surface area contributed by atoms with E-state index < -0.39 is 0 Å². The highest BCUT2D eigenvalue weighted by Gasteiger charge is 2.16. The van der Waals surface area contributed by atoms with E-state index in [4.69, 9.17) is 0 Å². The predicted octanol–water partition coefficient (Wildman–Crippen LogP) is 2.75. The lowest BCUT2D eigenvalue weighted by atomic mass is 10.1. The smallest absolute Gasteiger partial charge is 0.223 e. The Morgan fingerprint density at radius 1 is 1.26 bits per heavy atom. The molecule has 1 atom stereocenters. The molecule has 0 radical (unpaired) electrons. The molecular formula is C15H18N4. The summed E-state index contributed by atoms with van der Waals surface area (Å²) in [5.41, 5.74) is 2.94. The Bertz CT molecular complexity index is 553. The molecule has 1 unspecified atom stereocenters. The Balaban J connectivity index is 2.22. The minimum atomic E-state index is 0.0727. The van der Waals surface area contributed by atoms with Gasteiger partial charge in [0.15, 0.2) is 0 Å². The van der Waals surface area contributed by atoms with Crippen molar-refractivity contribution in [3.05, 3.63) is 47.7 Å². The fraction of sp³-hybridized carbons (Fsp3) is 0.267. The molecular weight excluding hydrogens is 236 g/mol. The summed E-state index contributed by atoms with van der Waals surface area (Å²) in [7, 11) is 1.73. The fourth-order valence-corrected chi connectivity index (χ4v) is 1.88. The zero-order chi connectivity index (χ0) is 13.7. The van der Waals surface area contributed by atoms with Crippen LogP contribution >= 0.6 is 0 Å². The minimum absolute atomic E-state index is 0.0727. The van der Waals surface area contributed by atoms with Crippen LogP contribution in [-0.4, -0.2) is 24.9 Å². The van der Waals surface area contributed by atoms with Gasteiger partial charge in [0.2, 0.25) is 5.96 Å². The summed E-state index contributed by atoms with van der Waals surface area (Å²) in [6, 6.07) is 10.2. The Morgan fingerprint density at radius 3 is 2.63 bits per heavy atom. The molecule has 2 rings (SSSR count). The van der Waals surface area contributed by atoms with Crippen molar-refractivity contribution in [2.75, 3.05) is 7.05 Å². The summed E-state index contributed by atoms with van der Waals surface area (Å²) in [6.07, 6.45) is 3.70. The van der Waals surface area contributed by atoms with Gasteiger partial charge < -0.3 is 5.32 Å². The Hall–Kier alpha value is -2.23. The number of benzene rings is 1. The number of guanidine groups is 1. The van der Waals surface area contributed by atoms with Crippen LogP contribution in [-0.2, 0) is 0 Å². The quantitative estimate of drug-likeness (QED) is 0.828. The number of nitrogens with one attached hydrogen (secondary N) is 1. The number of hydrogen-bond acceptors (Lipinski definition) is 2. The molecule has 0 spiro atoms. The van der Waals surface area contributed by atoms with Crippen molar-refractivity contribution in [2.24, 2.45) is 15.0 Å². The molecule has 0 bridgehead atoms. The Labute approximate surface area is 113 Å². The molecule has 0 aromatic heterocycles. The van der Waals surface area contributed by atoms with Crippen LogP contribution in [0.15, 0.2) is 57.1 Å². The lowest BCUT2D eigenvalue weighted by Gasteiger charge is -2.07. The summed E-state index contributed by atoms with van der Waals surface area (Å²) in [6.45, 7) is 4.02. The predicted molar refractivity (Wildman–Crippen MR) is 81.0 cm³/mol. The standard InChI is InChI=1S/C15H18N4/c1-4-13-14(10-16-3)19-15(18-13)17-11(2)12-8-6-5-7-9-12/h4-11H,1-3H3,(H,17,18)/b13-4+,16-10?. The van der Waals surface area contributed by atoms with Crippen LogP contribution in [0, 0.1) is 0 Å². The molecule has 1 aromatic rings. The normalized spacial score (nSPS) is 20.9. The van der Waals surface area contributed by atoms with E-state index in [2.05, 4.69) is 39.4 Å². The first-order valence-electron chi connectivity index (χ1n) is 6.32. The molecule has 19 heavy (non-hydrogen) atoms. The van der Waals surface area contributed by atoms with Gasteiger partial charge in [0.1, 0.15) is 5.71 Å². The lowest BCUT2D eigenvalue weighted by Crippen LogP contribution is -2.17. The first kappa shape index (κ1) is 13.2. The highest BCUT2D eigenvalue weighted by molar-refractivity contribution is 6.42. The van der Waals surface area contributed by atoms with Crippen LogP contribution in [0.1, 0.15) is 25.5 Å². The molecule has 1 aromatic carbocycles. The van der Waals surface area contributed by atoms with Crippen molar-refractivity contribution >= 4 is 17.9 Å². The van der Waals surface area contributed by atoms with E-state index in [0.717, 1.165) is 11.4 Å². The number of hydrogen-bond donors (Lipinski definition) is 1. The third kappa shape index (κ3) is 3.16. The molecule has 0 amide bonds. The van der Waals surface area contributed by atoms with Gasteiger partial charge in [-0.25, -0.2) is 9.98 Å². The minimum Gasteiger partial charge on any atom is -0.323 e. The molecule has 4 heteroatoms. The first-order valence-corrected chi connectivity index (χ1v) is 6.32. The van der Waals surface area contributed by atoms with E-state index in [1.165, 1.54) is 5.56 Å². The van der Waals surface area contributed by atoms with Crippen LogP contribution < -0.4 is 5.32 Å². The van der Waals surface area contributed by atoms with E-state index in [1.54, 1.807) is 13.3 Å². The second kappa shape index (κ2) is 6.09. The van der Waals surface area contributed by atoms with E-state index >= 15 is 0 Å². The maximum absolute atomic E-state index is 4.59. The average molecular weight is 254 g/mol. The van der Waals surface area contributed by atoms with Crippen molar-refractivity contribution < 1.29 is 0 Å². The summed E-state index contributed by atoms with van der Waals surface area (Å²) >= 11 is 0. The second-order valence-corrected chi connectivity index (χ2v) is 4.25. The van der Waals surface area contributed by atoms with Gasteiger partial charge in [-0.2, -0.15) is 0 Å². The monoisotopic (exact) mass is 254 g/mol. The van der Waals surface area contributed by atoms with Gasteiger partial charge in [-0.05, 0) is 19.4 Å². The van der Waals surface area contributed by atoms with Crippen molar-refractivity contribution in [3.63, 3.8) is 0 Å². The summed E-state index contributed by atoms with van der Waals surface area (Å²) in [5.74, 6) is 0.638. The zero-order valence-corrected chi connectivity index (χ0v) is 11.5. The van der Waals surface area contributed by atoms with Gasteiger partial charge in [0.25, 0.3) is 0 Å². The summed E-state index contributed by atoms with van der Waals surface area (Å²) in [4.78, 5) is 13.0. The fourth-order valence-electron chi connectivity index (χ4n) is 1.88. The number of rotatable bonds is 3. The second-order valence-electron chi connectivity index (χ2n) is 4.25. The van der Waals surface area contributed by atoms with Crippen molar-refractivity contribution in [3.8, 4) is 0 Å². The SMILES string of the molecule is C/C=C1/NC(=NC(C)c2ccccc2)N=C1C=NC. The Kier molecular flexibility index (Phi) is 4.23. The highest BCUT2D eigenvalue weighted by atomic mass is 15.2. The molecule has 0 saturated heterocycles. The molecule has 0 saturated carbocycles. The van der Waals surface area contributed by atoms with Gasteiger partial charge in [0.05, 0.1) is 11.7 Å². The maximum atomic E-state index is 4.59. The number of nitrogens with zero attached hydrogens (tertiary/aromatic N) is 3. The van der Waals surface area contributed by atoms with E-state index in [9.17, 15) is 0 Å². The molecule has 4 nitrogen and oxygen atoms in total. The van der Waals surface area contributed by atoms with Crippen LogP contribution in [0.4, 0.5) is 0 Å². The van der Waals surface area contributed by atoms with E-state index in [0.29, 0.717) is 5.96 Å². The number of allylic oxidation sites excluding steroid dienone is 2. The molecule has 1 heterocycles. The lowest BCUT2D eigenvalue weighted by molar-refractivity contribution is 0.811.